The van der Waals surface area contributed by atoms with E-state index in [1.54, 1.807) is 18.4 Å². The Bertz CT molecular complexity index is 748. The molecule has 0 spiro atoms. The van der Waals surface area contributed by atoms with Crippen LogP contribution < -0.4 is 4.74 Å². The topological polar surface area (TPSA) is 9.23 Å². The van der Waals surface area contributed by atoms with Gasteiger partial charge in [0.25, 0.3) is 0 Å². The van der Waals surface area contributed by atoms with Gasteiger partial charge in [-0.3, -0.25) is 0 Å². The average Bonchev–Trinajstić information content (AvgIpc) is 2.91. The molecule has 0 aliphatic heterocycles. The van der Waals surface area contributed by atoms with Gasteiger partial charge in [-0.2, -0.15) is 0 Å². The Balaban J connectivity index is 2.20. The molecule has 0 bridgehead atoms. The average molecular weight is 303 g/mol. The van der Waals surface area contributed by atoms with Crippen LogP contribution >= 0.6 is 22.9 Å². The van der Waals surface area contributed by atoms with Gasteiger partial charge in [0, 0.05) is 10.3 Å². The summed E-state index contributed by atoms with van der Waals surface area (Å²) in [4.78, 5) is 1.21. The molecular weight excluding hydrogens is 288 g/mol. The van der Waals surface area contributed by atoms with Crippen LogP contribution in [0.1, 0.15) is 21.4 Å². The van der Waals surface area contributed by atoms with Gasteiger partial charge in [-0.1, -0.05) is 30.3 Å². The van der Waals surface area contributed by atoms with Crippen molar-refractivity contribution in [3.63, 3.8) is 0 Å². The van der Waals surface area contributed by atoms with Crippen LogP contribution in [-0.4, -0.2) is 7.11 Å². The molecule has 3 rings (SSSR count). The van der Waals surface area contributed by atoms with E-state index in [9.17, 15) is 0 Å². The van der Waals surface area contributed by atoms with E-state index in [0.29, 0.717) is 0 Å². The van der Waals surface area contributed by atoms with Gasteiger partial charge < -0.3 is 4.74 Å². The molecule has 3 heteroatoms. The van der Waals surface area contributed by atoms with Gasteiger partial charge in [-0.15, -0.1) is 22.9 Å². The molecule has 0 saturated heterocycles. The summed E-state index contributed by atoms with van der Waals surface area (Å²) in [5.74, 6) is 0.885. The third-order valence-electron chi connectivity index (χ3n) is 3.54. The second-order valence-corrected chi connectivity index (χ2v) is 6.12. The number of methoxy groups -OCH3 is 1. The van der Waals surface area contributed by atoms with Crippen molar-refractivity contribution in [2.24, 2.45) is 0 Å². The van der Waals surface area contributed by atoms with Crippen LogP contribution in [-0.2, 0) is 0 Å². The molecule has 20 heavy (non-hydrogen) atoms. The van der Waals surface area contributed by atoms with Gasteiger partial charge >= 0.3 is 0 Å². The Labute approximate surface area is 127 Å². The largest absolute Gasteiger partial charge is 0.496 e. The summed E-state index contributed by atoms with van der Waals surface area (Å²) in [5, 5.41) is 4.23. The predicted octanol–water partition coefficient (Wildman–Crippen LogP) is 5.55. The number of rotatable bonds is 3. The van der Waals surface area contributed by atoms with Gasteiger partial charge in [-0.25, -0.2) is 0 Å². The second-order valence-electron chi connectivity index (χ2n) is 4.73. The lowest BCUT2D eigenvalue weighted by Gasteiger charge is -2.14. The lowest BCUT2D eigenvalue weighted by atomic mass is 9.99. The maximum atomic E-state index is 6.72. The number of benzene rings is 2. The van der Waals surface area contributed by atoms with Crippen LogP contribution in [0.5, 0.6) is 5.75 Å². The zero-order valence-corrected chi connectivity index (χ0v) is 13.0. The standard InChI is InChI=1S/C17H15ClOS/c1-11-9-10-20-17(11)16(18)14-7-8-15(19-2)13-6-4-3-5-12(13)14/h3-10,16H,1-2H3. The van der Waals surface area contributed by atoms with Gasteiger partial charge in [-0.05, 0) is 40.9 Å². The minimum absolute atomic E-state index is 0.120. The molecule has 1 heterocycles. The number of ether oxygens (including phenoxy) is 1. The first kappa shape index (κ1) is 13.5. The highest BCUT2D eigenvalue weighted by Crippen LogP contribution is 2.40. The third kappa shape index (κ3) is 2.19. The highest BCUT2D eigenvalue weighted by atomic mass is 35.5. The Hall–Kier alpha value is -1.51. The van der Waals surface area contributed by atoms with Crippen LogP contribution in [0.3, 0.4) is 0 Å². The van der Waals surface area contributed by atoms with Crippen molar-refractivity contribution in [2.75, 3.05) is 7.11 Å². The number of hydrogen-bond acceptors (Lipinski definition) is 2. The Morgan fingerprint density at radius 3 is 2.45 bits per heavy atom. The van der Waals surface area contributed by atoms with E-state index in [-0.39, 0.29) is 5.38 Å². The van der Waals surface area contributed by atoms with E-state index in [4.69, 9.17) is 16.3 Å². The van der Waals surface area contributed by atoms with Gasteiger partial charge in [0.1, 0.15) is 5.75 Å². The third-order valence-corrected chi connectivity index (χ3v) is 5.21. The molecule has 102 valence electrons. The summed E-state index contributed by atoms with van der Waals surface area (Å²) in [6, 6.07) is 14.4. The fourth-order valence-electron chi connectivity index (χ4n) is 2.48. The van der Waals surface area contributed by atoms with Gasteiger partial charge in [0.15, 0.2) is 0 Å². The molecule has 0 aliphatic rings. The summed E-state index contributed by atoms with van der Waals surface area (Å²) in [6.07, 6.45) is 0. The Morgan fingerprint density at radius 2 is 1.80 bits per heavy atom. The van der Waals surface area contributed by atoms with Crippen LogP contribution in [0, 0.1) is 6.92 Å². The minimum Gasteiger partial charge on any atom is -0.496 e. The molecule has 0 aliphatic carbocycles. The number of alkyl halides is 1. The second kappa shape index (κ2) is 5.47. The van der Waals surface area contributed by atoms with Gasteiger partial charge in [0.2, 0.25) is 0 Å². The molecule has 2 aromatic carbocycles. The molecule has 1 unspecified atom stereocenters. The number of aryl methyl sites for hydroxylation is 1. The van der Waals surface area contributed by atoms with Gasteiger partial charge in [0.05, 0.1) is 12.5 Å². The maximum Gasteiger partial charge on any atom is 0.126 e. The molecule has 1 atom stereocenters. The lowest BCUT2D eigenvalue weighted by Crippen LogP contribution is -1.95. The summed E-state index contributed by atoms with van der Waals surface area (Å²) < 4.78 is 5.44. The maximum absolute atomic E-state index is 6.72. The molecule has 1 aromatic heterocycles. The van der Waals surface area contributed by atoms with Crippen molar-refractivity contribution in [3.8, 4) is 5.75 Å². The Morgan fingerprint density at radius 1 is 1.05 bits per heavy atom. The van der Waals surface area contributed by atoms with Crippen molar-refractivity contribution in [3.05, 3.63) is 63.8 Å². The van der Waals surface area contributed by atoms with Crippen LogP contribution in [0.25, 0.3) is 10.8 Å². The summed E-state index contributed by atoms with van der Waals surface area (Å²) in [7, 11) is 1.70. The quantitative estimate of drug-likeness (QED) is 0.577. The molecule has 1 nitrogen and oxygen atoms in total. The minimum atomic E-state index is -0.120. The van der Waals surface area contributed by atoms with Crippen molar-refractivity contribution < 1.29 is 4.74 Å². The van der Waals surface area contributed by atoms with Crippen molar-refractivity contribution in [1.82, 2.24) is 0 Å². The zero-order chi connectivity index (χ0) is 14.1. The number of hydrogen-bond donors (Lipinski definition) is 0. The SMILES string of the molecule is COc1ccc(C(Cl)c2sccc2C)c2ccccc12. The molecule has 0 saturated carbocycles. The first-order valence-corrected chi connectivity index (χ1v) is 7.77. The van der Waals surface area contributed by atoms with E-state index in [0.717, 1.165) is 22.1 Å². The first-order valence-electron chi connectivity index (χ1n) is 6.46. The monoisotopic (exact) mass is 302 g/mol. The molecule has 3 aromatic rings. The van der Waals surface area contributed by atoms with Crippen molar-refractivity contribution in [1.29, 1.82) is 0 Å². The van der Waals surface area contributed by atoms with Crippen LogP contribution in [0.15, 0.2) is 47.8 Å². The molecule has 0 N–H and O–H groups in total. The number of fused-ring (bicyclic) bond motifs is 1. The van der Waals surface area contributed by atoms with E-state index in [2.05, 4.69) is 36.6 Å². The fourth-order valence-corrected chi connectivity index (χ4v) is 3.91. The van der Waals surface area contributed by atoms with Crippen LogP contribution in [0.2, 0.25) is 0 Å². The summed E-state index contributed by atoms with van der Waals surface area (Å²) in [5.41, 5.74) is 2.38. The van der Waals surface area contributed by atoms with E-state index in [1.807, 2.05) is 18.2 Å². The Kier molecular flexibility index (Phi) is 3.68. The summed E-state index contributed by atoms with van der Waals surface area (Å²) in [6.45, 7) is 2.10. The molecule has 0 amide bonds. The lowest BCUT2D eigenvalue weighted by molar-refractivity contribution is 0.419. The number of halogens is 1. The van der Waals surface area contributed by atoms with Crippen molar-refractivity contribution in [2.45, 2.75) is 12.3 Å². The smallest absolute Gasteiger partial charge is 0.126 e. The molecule has 0 fully saturated rings. The molecule has 0 radical (unpaired) electrons. The van der Waals surface area contributed by atoms with E-state index < -0.39 is 0 Å². The number of thiophene rings is 1. The first-order chi connectivity index (χ1) is 9.72. The van der Waals surface area contributed by atoms with E-state index in [1.165, 1.54) is 10.4 Å². The highest BCUT2D eigenvalue weighted by Gasteiger charge is 2.18. The predicted molar refractivity (Wildman–Crippen MR) is 87.3 cm³/mol. The van der Waals surface area contributed by atoms with Crippen LogP contribution in [0.4, 0.5) is 0 Å². The highest BCUT2D eigenvalue weighted by molar-refractivity contribution is 7.10. The fraction of sp³-hybridized carbons (Fsp3) is 0.176. The van der Waals surface area contributed by atoms with E-state index >= 15 is 0 Å². The zero-order valence-electron chi connectivity index (χ0n) is 11.4. The normalized spacial score (nSPS) is 12.6. The van der Waals surface area contributed by atoms with Crippen molar-refractivity contribution >= 4 is 33.7 Å². The molecular formula is C17H15ClOS. The summed E-state index contributed by atoms with van der Waals surface area (Å²) >= 11 is 8.43.